The molecular formula is C24H27F3N2OS. The van der Waals surface area contributed by atoms with Gasteiger partial charge in [0.25, 0.3) is 0 Å². The van der Waals surface area contributed by atoms with Crippen LogP contribution < -0.4 is 4.74 Å². The van der Waals surface area contributed by atoms with Crippen LogP contribution in [0.5, 0.6) is 5.75 Å². The molecule has 1 aromatic heterocycles. The van der Waals surface area contributed by atoms with E-state index in [2.05, 4.69) is 45.5 Å². The number of halogens is 3. The third kappa shape index (κ3) is 5.57. The van der Waals surface area contributed by atoms with Gasteiger partial charge < -0.3 is 9.30 Å². The summed E-state index contributed by atoms with van der Waals surface area (Å²) >= 11 is 2.00. The molecule has 1 aliphatic heterocycles. The molecule has 166 valence electrons. The number of alkyl halides is 3. The van der Waals surface area contributed by atoms with E-state index in [4.69, 9.17) is 0 Å². The van der Waals surface area contributed by atoms with Crippen LogP contribution in [0.25, 0.3) is 22.0 Å². The van der Waals surface area contributed by atoms with Crippen LogP contribution in [0.15, 0.2) is 48.7 Å². The Bertz CT molecular complexity index is 1010. The van der Waals surface area contributed by atoms with Crippen molar-refractivity contribution in [3.63, 3.8) is 0 Å². The Morgan fingerprint density at radius 3 is 2.45 bits per heavy atom. The van der Waals surface area contributed by atoms with Crippen LogP contribution in [0, 0.1) is 0 Å². The second-order valence-electron chi connectivity index (χ2n) is 7.90. The number of hydrogen-bond donors (Lipinski definition) is 0. The van der Waals surface area contributed by atoms with Gasteiger partial charge in [-0.05, 0) is 41.8 Å². The summed E-state index contributed by atoms with van der Waals surface area (Å²) in [5, 5.41) is 1.14. The summed E-state index contributed by atoms with van der Waals surface area (Å²) in [4.78, 5) is 2.48. The number of aryl methyl sites for hydroxylation is 1. The summed E-state index contributed by atoms with van der Waals surface area (Å²) < 4.78 is 43.8. The average molecular weight is 449 g/mol. The molecule has 1 fully saturated rings. The van der Waals surface area contributed by atoms with Gasteiger partial charge in [-0.25, -0.2) is 0 Å². The maximum atomic E-state index is 12.5. The van der Waals surface area contributed by atoms with E-state index in [1.54, 1.807) is 12.1 Å². The van der Waals surface area contributed by atoms with Gasteiger partial charge in [0.2, 0.25) is 0 Å². The summed E-state index contributed by atoms with van der Waals surface area (Å²) in [6.07, 6.45) is -0.376. The largest absolute Gasteiger partial charge is 0.573 e. The van der Waals surface area contributed by atoms with Crippen molar-refractivity contribution in [1.29, 1.82) is 0 Å². The minimum atomic E-state index is -4.68. The highest BCUT2D eigenvalue weighted by molar-refractivity contribution is 7.99. The highest BCUT2D eigenvalue weighted by Gasteiger charge is 2.31. The molecule has 0 unspecified atom stereocenters. The van der Waals surface area contributed by atoms with Crippen LogP contribution >= 0.6 is 11.8 Å². The summed E-state index contributed by atoms with van der Waals surface area (Å²) in [5.74, 6) is 2.15. The molecule has 0 saturated carbocycles. The fourth-order valence-electron chi connectivity index (χ4n) is 4.04. The SMILES string of the molecule is CCCCn1cc(-c2ccc(OC(F)(F)F)cc2)c2cc(CN3CCSCC3)ccc21. The van der Waals surface area contributed by atoms with E-state index < -0.39 is 6.36 Å². The Balaban J connectivity index is 1.67. The second kappa shape index (κ2) is 9.57. The van der Waals surface area contributed by atoms with Gasteiger partial charge in [-0.2, -0.15) is 11.8 Å². The minimum absolute atomic E-state index is 0.199. The van der Waals surface area contributed by atoms with Crippen molar-refractivity contribution >= 4 is 22.7 Å². The Labute approximate surface area is 185 Å². The Kier molecular flexibility index (Phi) is 6.82. The number of hydrogen-bond acceptors (Lipinski definition) is 3. The summed E-state index contributed by atoms with van der Waals surface area (Å²) in [6, 6.07) is 12.8. The number of fused-ring (bicyclic) bond motifs is 1. The number of nitrogens with zero attached hydrogens (tertiary/aromatic N) is 2. The molecule has 0 radical (unpaired) electrons. The van der Waals surface area contributed by atoms with Gasteiger partial charge >= 0.3 is 6.36 Å². The second-order valence-corrected chi connectivity index (χ2v) is 9.13. The topological polar surface area (TPSA) is 17.4 Å². The van der Waals surface area contributed by atoms with Crippen molar-refractivity contribution in [2.24, 2.45) is 0 Å². The van der Waals surface area contributed by atoms with Crippen molar-refractivity contribution in [2.45, 2.75) is 39.2 Å². The van der Waals surface area contributed by atoms with E-state index in [0.29, 0.717) is 0 Å². The fraction of sp³-hybridized carbons (Fsp3) is 0.417. The van der Waals surface area contributed by atoms with Crippen LogP contribution in [0.3, 0.4) is 0 Å². The Morgan fingerprint density at radius 1 is 1.03 bits per heavy atom. The molecule has 0 aliphatic carbocycles. The van der Waals surface area contributed by atoms with Gasteiger partial charge in [0.1, 0.15) is 5.75 Å². The van der Waals surface area contributed by atoms with Crippen LogP contribution in [0.2, 0.25) is 0 Å². The average Bonchev–Trinajstić information content (AvgIpc) is 3.10. The Hall–Kier alpha value is -2.12. The smallest absolute Gasteiger partial charge is 0.406 e. The zero-order valence-electron chi connectivity index (χ0n) is 17.6. The first-order valence-corrected chi connectivity index (χ1v) is 11.9. The molecule has 0 spiro atoms. The lowest BCUT2D eigenvalue weighted by atomic mass is 10.0. The molecular weight excluding hydrogens is 421 g/mol. The van der Waals surface area contributed by atoms with E-state index in [-0.39, 0.29) is 5.75 Å². The number of aromatic nitrogens is 1. The van der Waals surface area contributed by atoms with Crippen LogP contribution in [-0.2, 0) is 13.1 Å². The van der Waals surface area contributed by atoms with E-state index in [0.717, 1.165) is 61.1 Å². The quantitative estimate of drug-likeness (QED) is 0.408. The predicted molar refractivity (Wildman–Crippen MR) is 122 cm³/mol. The van der Waals surface area contributed by atoms with Gasteiger partial charge in [-0.15, -0.1) is 13.2 Å². The number of unbranched alkanes of at least 4 members (excludes halogenated alkanes) is 1. The van der Waals surface area contributed by atoms with E-state index in [1.165, 1.54) is 29.2 Å². The molecule has 0 N–H and O–H groups in total. The van der Waals surface area contributed by atoms with Crippen molar-refractivity contribution in [1.82, 2.24) is 9.47 Å². The molecule has 7 heteroatoms. The van der Waals surface area contributed by atoms with Gasteiger partial charge in [-0.1, -0.05) is 31.5 Å². The van der Waals surface area contributed by atoms with Crippen molar-refractivity contribution < 1.29 is 17.9 Å². The summed E-state index contributed by atoms with van der Waals surface area (Å²) in [5.41, 5.74) is 4.37. The monoisotopic (exact) mass is 448 g/mol. The fourth-order valence-corrected chi connectivity index (χ4v) is 5.02. The zero-order chi connectivity index (χ0) is 21.8. The number of rotatable bonds is 7. The predicted octanol–water partition coefficient (Wildman–Crippen LogP) is 6.56. The standard InChI is InChI=1S/C24H27F3N2OS/c1-2-3-10-29-17-22(19-5-7-20(8-6-19)30-24(25,26)27)21-15-18(4-9-23(21)29)16-28-11-13-31-14-12-28/h4-9,15,17H,2-3,10-14,16H2,1H3. The van der Waals surface area contributed by atoms with Crippen molar-refractivity contribution in [3.05, 3.63) is 54.2 Å². The van der Waals surface area contributed by atoms with Crippen LogP contribution in [0.4, 0.5) is 13.2 Å². The van der Waals surface area contributed by atoms with Crippen LogP contribution in [0.1, 0.15) is 25.3 Å². The molecule has 31 heavy (non-hydrogen) atoms. The molecule has 0 bridgehead atoms. The third-order valence-electron chi connectivity index (χ3n) is 5.61. The van der Waals surface area contributed by atoms with Crippen molar-refractivity contribution in [3.8, 4) is 16.9 Å². The first-order valence-electron chi connectivity index (χ1n) is 10.7. The van der Waals surface area contributed by atoms with E-state index >= 15 is 0 Å². The highest BCUT2D eigenvalue weighted by Crippen LogP contribution is 2.34. The molecule has 1 saturated heterocycles. The third-order valence-corrected chi connectivity index (χ3v) is 6.55. The zero-order valence-corrected chi connectivity index (χ0v) is 18.4. The Morgan fingerprint density at radius 2 is 1.77 bits per heavy atom. The van der Waals surface area contributed by atoms with Gasteiger partial charge in [-0.3, -0.25) is 4.90 Å². The van der Waals surface area contributed by atoms with E-state index in [9.17, 15) is 13.2 Å². The van der Waals surface area contributed by atoms with Crippen molar-refractivity contribution in [2.75, 3.05) is 24.6 Å². The highest BCUT2D eigenvalue weighted by atomic mass is 32.2. The normalized spacial score (nSPS) is 15.5. The summed E-state index contributed by atoms with van der Waals surface area (Å²) in [7, 11) is 0. The molecule has 0 amide bonds. The maximum absolute atomic E-state index is 12.5. The molecule has 4 rings (SSSR count). The van der Waals surface area contributed by atoms with Crippen LogP contribution in [-0.4, -0.2) is 40.4 Å². The lowest BCUT2D eigenvalue weighted by molar-refractivity contribution is -0.274. The first-order chi connectivity index (χ1) is 14.9. The molecule has 1 aliphatic rings. The van der Waals surface area contributed by atoms with Gasteiger partial charge in [0.05, 0.1) is 0 Å². The first kappa shape index (κ1) is 22.1. The molecule has 2 heterocycles. The molecule has 0 atom stereocenters. The van der Waals surface area contributed by atoms with Gasteiger partial charge in [0.15, 0.2) is 0 Å². The molecule has 3 nitrogen and oxygen atoms in total. The lowest BCUT2D eigenvalue weighted by Crippen LogP contribution is -2.31. The maximum Gasteiger partial charge on any atom is 0.573 e. The lowest BCUT2D eigenvalue weighted by Gasteiger charge is -2.26. The number of thioether (sulfide) groups is 1. The van der Waals surface area contributed by atoms with Gasteiger partial charge in [0, 0.05) is 60.3 Å². The number of benzene rings is 2. The molecule has 2 aromatic carbocycles. The molecule has 3 aromatic rings. The van der Waals surface area contributed by atoms with E-state index in [1.807, 2.05) is 11.8 Å². The summed E-state index contributed by atoms with van der Waals surface area (Å²) in [6.45, 7) is 6.22. The minimum Gasteiger partial charge on any atom is -0.406 e. The number of ether oxygens (including phenoxy) is 1.